The van der Waals surface area contributed by atoms with Gasteiger partial charge in [-0.2, -0.15) is 0 Å². The first-order chi connectivity index (χ1) is 20.1. The van der Waals surface area contributed by atoms with Crippen molar-refractivity contribution in [3.63, 3.8) is 0 Å². The molecule has 222 valence electrons. The van der Waals surface area contributed by atoms with Gasteiger partial charge in [-0.1, -0.05) is 55.5 Å². The minimum atomic E-state index is -1.03. The predicted molar refractivity (Wildman–Crippen MR) is 166 cm³/mol. The molecule has 1 saturated carbocycles. The Morgan fingerprint density at radius 3 is 2.79 bits per heavy atom. The summed E-state index contributed by atoms with van der Waals surface area (Å²) < 4.78 is 14.5. The molecule has 1 aliphatic heterocycles. The number of aliphatic imine (C=N–C) groups is 2. The van der Waals surface area contributed by atoms with Gasteiger partial charge in [0.1, 0.15) is 6.17 Å². The van der Waals surface area contributed by atoms with Crippen molar-refractivity contribution >= 4 is 23.3 Å². The Morgan fingerprint density at radius 1 is 1.19 bits per heavy atom. The smallest absolute Gasteiger partial charge is 0.306 e. The van der Waals surface area contributed by atoms with Gasteiger partial charge in [0.25, 0.3) is 5.91 Å². The van der Waals surface area contributed by atoms with Crippen LogP contribution in [0.4, 0.5) is 4.39 Å². The molecule has 0 bridgehead atoms. The summed E-state index contributed by atoms with van der Waals surface area (Å²) in [4.78, 5) is 35.1. The number of carbonyl (C=O) groups excluding carboxylic acids is 1. The van der Waals surface area contributed by atoms with E-state index in [-0.39, 0.29) is 29.7 Å². The van der Waals surface area contributed by atoms with E-state index in [9.17, 15) is 19.1 Å². The molecule has 1 fully saturated rings. The molecule has 1 heterocycles. The Balaban J connectivity index is 1.41. The van der Waals surface area contributed by atoms with Crippen molar-refractivity contribution in [3.8, 4) is 0 Å². The number of aryl methyl sites for hydroxylation is 1. The third-order valence-corrected chi connectivity index (χ3v) is 9.07. The lowest BCUT2D eigenvalue weighted by Crippen LogP contribution is -2.46. The van der Waals surface area contributed by atoms with Crippen LogP contribution in [0.3, 0.4) is 0 Å². The molecule has 0 radical (unpaired) electrons. The summed E-state index contributed by atoms with van der Waals surface area (Å²) in [6.07, 6.45) is 15.5. The summed E-state index contributed by atoms with van der Waals surface area (Å²) in [5.74, 6) is -1.17. The highest BCUT2D eigenvalue weighted by Crippen LogP contribution is 2.42. The fourth-order valence-electron chi connectivity index (χ4n) is 6.43. The third kappa shape index (κ3) is 6.88. The molecule has 6 atom stereocenters. The standard InChI is InChI=1S/C35H42FN3O3/c1-22-12-13-25(14-16-30(22)36)32-31(17-15-26-21-28(26)34(41)42)38-23(2)20-27(10-7-19-37-32)33(40)39-35(3)18-6-9-24-8-4-5-11-29(24)35/h4-5,7-8,10-11,13-14,16,20,22-23,26,28,30H,6,9,12,15,17-19,21H2,1-3H3,(H,39,40)(H,41,42)/b10-7-,27-20+,37-32-,38-31-/t22?,23?,26?,28-,30?,35+/m1/s1. The Labute approximate surface area is 248 Å². The number of fused-ring (bicyclic) bond motifs is 1. The van der Waals surface area contributed by atoms with E-state index in [0.717, 1.165) is 36.3 Å². The first-order valence-electron chi connectivity index (χ1n) is 15.3. The number of allylic oxidation sites excluding steroid dienone is 4. The molecule has 3 aliphatic carbocycles. The molecule has 4 aliphatic rings. The summed E-state index contributed by atoms with van der Waals surface area (Å²) >= 11 is 0. The summed E-state index contributed by atoms with van der Waals surface area (Å²) in [7, 11) is 0. The molecular weight excluding hydrogens is 529 g/mol. The first kappa shape index (κ1) is 29.9. The molecule has 6 nitrogen and oxygen atoms in total. The molecule has 0 spiro atoms. The van der Waals surface area contributed by atoms with E-state index in [1.54, 1.807) is 12.2 Å². The van der Waals surface area contributed by atoms with Crippen LogP contribution in [-0.4, -0.2) is 47.2 Å². The number of alkyl halides is 1. The lowest BCUT2D eigenvalue weighted by Gasteiger charge is -2.37. The largest absolute Gasteiger partial charge is 0.481 e. The molecule has 2 N–H and O–H groups in total. The molecule has 42 heavy (non-hydrogen) atoms. The van der Waals surface area contributed by atoms with Gasteiger partial charge in [-0.3, -0.25) is 19.6 Å². The minimum absolute atomic E-state index is 0.122. The molecule has 1 aromatic carbocycles. The average Bonchev–Trinajstić information content (AvgIpc) is 3.77. The summed E-state index contributed by atoms with van der Waals surface area (Å²) in [6, 6.07) is 8.01. The third-order valence-electron chi connectivity index (χ3n) is 9.07. The molecular formula is C35H42FN3O3. The van der Waals surface area contributed by atoms with Gasteiger partial charge in [0.15, 0.2) is 0 Å². The van der Waals surface area contributed by atoms with Crippen molar-refractivity contribution in [2.75, 3.05) is 6.54 Å². The van der Waals surface area contributed by atoms with Crippen molar-refractivity contribution in [1.29, 1.82) is 0 Å². The molecule has 5 rings (SSSR count). The number of rotatable bonds is 7. The predicted octanol–water partition coefficient (Wildman–Crippen LogP) is 6.48. The van der Waals surface area contributed by atoms with Crippen LogP contribution < -0.4 is 5.32 Å². The Bertz CT molecular complexity index is 1400. The van der Waals surface area contributed by atoms with E-state index < -0.39 is 17.7 Å². The van der Waals surface area contributed by atoms with Gasteiger partial charge in [-0.25, -0.2) is 4.39 Å². The molecule has 7 heteroatoms. The van der Waals surface area contributed by atoms with Crippen LogP contribution in [0.25, 0.3) is 0 Å². The number of amides is 1. The molecule has 0 aromatic heterocycles. The maximum Gasteiger partial charge on any atom is 0.306 e. The van der Waals surface area contributed by atoms with Crippen LogP contribution in [0.5, 0.6) is 0 Å². The molecule has 1 aromatic rings. The average molecular weight is 572 g/mol. The number of nitrogens with zero attached hydrogens (tertiary/aromatic N) is 2. The maximum absolute atomic E-state index is 14.5. The Hall–Kier alpha value is -3.61. The highest BCUT2D eigenvalue weighted by atomic mass is 19.1. The zero-order chi connectivity index (χ0) is 29.9. The van der Waals surface area contributed by atoms with E-state index in [1.165, 1.54) is 11.1 Å². The first-order valence-corrected chi connectivity index (χ1v) is 15.3. The van der Waals surface area contributed by atoms with E-state index in [1.807, 2.05) is 50.3 Å². The highest BCUT2D eigenvalue weighted by Gasteiger charge is 2.42. The van der Waals surface area contributed by atoms with Gasteiger partial charge in [-0.15, -0.1) is 0 Å². The van der Waals surface area contributed by atoms with Gasteiger partial charge < -0.3 is 10.4 Å². The van der Waals surface area contributed by atoms with E-state index in [4.69, 9.17) is 9.98 Å². The van der Waals surface area contributed by atoms with Gasteiger partial charge in [0.05, 0.1) is 35.5 Å². The van der Waals surface area contributed by atoms with E-state index in [2.05, 4.69) is 24.4 Å². The van der Waals surface area contributed by atoms with E-state index in [0.29, 0.717) is 37.8 Å². The maximum atomic E-state index is 14.5. The second kappa shape index (κ2) is 12.7. The lowest BCUT2D eigenvalue weighted by atomic mass is 9.77. The van der Waals surface area contributed by atoms with Crippen molar-refractivity contribution in [2.24, 2.45) is 27.7 Å². The Morgan fingerprint density at radius 2 is 2.00 bits per heavy atom. The topological polar surface area (TPSA) is 91.1 Å². The summed E-state index contributed by atoms with van der Waals surface area (Å²) in [5.41, 5.74) is 4.90. The number of carboxylic acid groups (broad SMARTS) is 1. The zero-order valence-electron chi connectivity index (χ0n) is 24.9. The molecule has 0 saturated heterocycles. The van der Waals surface area contributed by atoms with Crippen LogP contribution in [0.2, 0.25) is 0 Å². The van der Waals surface area contributed by atoms with Gasteiger partial charge in [0.2, 0.25) is 0 Å². The van der Waals surface area contributed by atoms with Gasteiger partial charge in [-0.05, 0) is 99.5 Å². The minimum Gasteiger partial charge on any atom is -0.481 e. The number of carbonyl (C=O) groups is 2. The molecule has 1 amide bonds. The highest BCUT2D eigenvalue weighted by molar-refractivity contribution is 6.49. The number of hydrogen-bond acceptors (Lipinski definition) is 4. The van der Waals surface area contributed by atoms with Crippen molar-refractivity contribution in [3.05, 3.63) is 83.0 Å². The van der Waals surface area contributed by atoms with Gasteiger partial charge in [0, 0.05) is 5.57 Å². The zero-order valence-corrected chi connectivity index (χ0v) is 24.9. The number of hydrogen-bond donors (Lipinski definition) is 2. The van der Waals surface area contributed by atoms with Crippen molar-refractivity contribution in [2.45, 2.75) is 83.5 Å². The van der Waals surface area contributed by atoms with Crippen LogP contribution >= 0.6 is 0 Å². The quantitative estimate of drug-likeness (QED) is 0.392. The van der Waals surface area contributed by atoms with Crippen LogP contribution in [0, 0.1) is 17.8 Å². The number of aliphatic carboxylic acids is 1. The monoisotopic (exact) mass is 571 g/mol. The van der Waals surface area contributed by atoms with Crippen molar-refractivity contribution < 1.29 is 19.1 Å². The van der Waals surface area contributed by atoms with Crippen LogP contribution in [0.15, 0.2) is 81.9 Å². The summed E-state index contributed by atoms with van der Waals surface area (Å²) in [5, 5.41) is 12.7. The number of nitrogens with one attached hydrogen (secondary N) is 1. The van der Waals surface area contributed by atoms with Crippen LogP contribution in [-0.2, 0) is 21.5 Å². The normalized spacial score (nSPS) is 35.5. The fraction of sp³-hybridized carbons (Fsp3) is 0.486. The second-order valence-electron chi connectivity index (χ2n) is 12.5. The van der Waals surface area contributed by atoms with Gasteiger partial charge >= 0.3 is 5.97 Å². The number of benzene rings is 1. The van der Waals surface area contributed by atoms with E-state index >= 15 is 0 Å². The lowest BCUT2D eigenvalue weighted by molar-refractivity contribution is -0.138. The Kier molecular flexibility index (Phi) is 9.05. The number of halogens is 1. The van der Waals surface area contributed by atoms with Crippen LogP contribution in [0.1, 0.15) is 70.4 Å². The SMILES string of the molecule is CC1/C=C(C(=O)N[C@@]2(C)CCCc3ccccc32)\C=C/C/N=C(C2=CCC(C)C(F)C=C2)\C(CCC2C[C@H]2C(=O)O)=N/1. The molecule has 4 unspecified atom stereocenters. The second-order valence-corrected chi connectivity index (χ2v) is 12.5. The fourth-order valence-corrected chi connectivity index (χ4v) is 6.43. The van der Waals surface area contributed by atoms with Crippen molar-refractivity contribution in [1.82, 2.24) is 5.32 Å². The number of carboxylic acids is 1. The summed E-state index contributed by atoms with van der Waals surface area (Å²) in [6.45, 7) is 6.29.